The summed E-state index contributed by atoms with van der Waals surface area (Å²) in [6, 6.07) is 0.769. The zero-order chi connectivity index (χ0) is 8.27. The van der Waals surface area contributed by atoms with Crippen molar-refractivity contribution in [2.75, 3.05) is 13.1 Å². The number of alkyl halides is 1. The van der Waals surface area contributed by atoms with Gasteiger partial charge in [0.2, 0.25) is 0 Å². The Bertz CT molecular complexity index is 115. The van der Waals surface area contributed by atoms with Crippen LogP contribution in [0.1, 0.15) is 20.3 Å². The highest BCUT2D eigenvalue weighted by atomic mass is 19.1. The zero-order valence-corrected chi connectivity index (χ0v) is 7.23. The Balaban J connectivity index is 2.23. The van der Waals surface area contributed by atoms with E-state index in [-0.39, 0.29) is 0 Å². The number of piperidine rings is 1. The first kappa shape index (κ1) is 8.94. The van der Waals surface area contributed by atoms with Crippen LogP contribution in [0.3, 0.4) is 0 Å². The van der Waals surface area contributed by atoms with E-state index in [1.807, 2.05) is 0 Å². The third-order valence-electron chi connectivity index (χ3n) is 1.87. The third-order valence-corrected chi connectivity index (χ3v) is 1.87. The largest absolute Gasteiger partial charge is 0.312 e. The van der Waals surface area contributed by atoms with E-state index in [9.17, 15) is 4.39 Å². The van der Waals surface area contributed by atoms with Gasteiger partial charge in [-0.1, -0.05) is 13.8 Å². The van der Waals surface area contributed by atoms with E-state index in [1.54, 1.807) is 0 Å². The molecule has 2 N–H and O–H groups in total. The predicted molar refractivity (Wildman–Crippen MR) is 44.4 cm³/mol. The summed E-state index contributed by atoms with van der Waals surface area (Å²) in [4.78, 5) is 0. The van der Waals surface area contributed by atoms with E-state index in [0.29, 0.717) is 25.0 Å². The van der Waals surface area contributed by atoms with Crippen LogP contribution in [0.5, 0.6) is 0 Å². The molecule has 0 aromatic heterocycles. The molecule has 1 heterocycles. The van der Waals surface area contributed by atoms with E-state index >= 15 is 0 Å². The molecule has 0 saturated carbocycles. The summed E-state index contributed by atoms with van der Waals surface area (Å²) < 4.78 is 12.8. The normalized spacial score (nSPS) is 32.7. The topological polar surface area (TPSA) is 24.1 Å². The summed E-state index contributed by atoms with van der Waals surface area (Å²) in [5.41, 5.74) is 0. The summed E-state index contributed by atoms with van der Waals surface area (Å²) in [6.45, 7) is 5.60. The molecule has 0 spiro atoms. The second-order valence-electron chi connectivity index (χ2n) is 3.51. The second-order valence-corrected chi connectivity index (χ2v) is 3.51. The minimum atomic E-state index is -0.667. The molecule has 0 aromatic carbocycles. The van der Waals surface area contributed by atoms with E-state index in [1.165, 1.54) is 0 Å². The molecule has 1 saturated heterocycles. The summed E-state index contributed by atoms with van der Waals surface area (Å²) in [7, 11) is 0. The lowest BCUT2D eigenvalue weighted by Crippen LogP contribution is -2.49. The first-order valence-electron chi connectivity index (χ1n) is 4.29. The van der Waals surface area contributed by atoms with Crippen LogP contribution in [0, 0.1) is 0 Å². The van der Waals surface area contributed by atoms with Crippen molar-refractivity contribution in [1.29, 1.82) is 0 Å². The Kier molecular flexibility index (Phi) is 3.27. The monoisotopic (exact) mass is 160 g/mol. The van der Waals surface area contributed by atoms with Crippen molar-refractivity contribution in [2.24, 2.45) is 0 Å². The number of nitrogens with one attached hydrogen (secondary N) is 2. The van der Waals surface area contributed by atoms with Crippen molar-refractivity contribution in [3.8, 4) is 0 Å². The van der Waals surface area contributed by atoms with Gasteiger partial charge in [0.15, 0.2) is 0 Å². The molecular formula is C8H17FN2. The average molecular weight is 160 g/mol. The van der Waals surface area contributed by atoms with Gasteiger partial charge in [0, 0.05) is 25.2 Å². The minimum absolute atomic E-state index is 0.318. The predicted octanol–water partition coefficient (Wildman–Crippen LogP) is 0.684. The van der Waals surface area contributed by atoms with Crippen molar-refractivity contribution in [3.63, 3.8) is 0 Å². The summed E-state index contributed by atoms with van der Waals surface area (Å²) >= 11 is 0. The Hall–Kier alpha value is -0.150. The molecule has 1 fully saturated rings. The maximum Gasteiger partial charge on any atom is 0.114 e. The van der Waals surface area contributed by atoms with Crippen LogP contribution in [0.15, 0.2) is 0 Å². The number of hydrogen-bond acceptors (Lipinski definition) is 2. The average Bonchev–Trinajstić information content (AvgIpc) is 1.85. The van der Waals surface area contributed by atoms with Gasteiger partial charge < -0.3 is 10.6 Å². The first-order chi connectivity index (χ1) is 5.18. The van der Waals surface area contributed by atoms with Crippen LogP contribution in [0.2, 0.25) is 0 Å². The van der Waals surface area contributed by atoms with Crippen LogP contribution in [0.25, 0.3) is 0 Å². The molecule has 1 aliphatic rings. The smallest absolute Gasteiger partial charge is 0.114 e. The molecule has 1 rings (SSSR count). The van der Waals surface area contributed by atoms with Crippen LogP contribution in [0.4, 0.5) is 4.39 Å². The molecule has 11 heavy (non-hydrogen) atoms. The zero-order valence-electron chi connectivity index (χ0n) is 7.23. The maximum atomic E-state index is 12.8. The highest BCUT2D eigenvalue weighted by Crippen LogP contribution is 2.06. The van der Waals surface area contributed by atoms with Crippen LogP contribution in [-0.2, 0) is 0 Å². The number of rotatable bonds is 2. The Morgan fingerprint density at radius 3 is 2.73 bits per heavy atom. The molecule has 2 atom stereocenters. The molecule has 1 aliphatic heterocycles. The summed E-state index contributed by atoms with van der Waals surface area (Å²) in [6.07, 6.45) is -0.00875. The van der Waals surface area contributed by atoms with Crippen molar-refractivity contribution in [1.82, 2.24) is 10.6 Å². The molecule has 0 bridgehead atoms. The number of hydrogen-bond donors (Lipinski definition) is 2. The molecule has 66 valence electrons. The van der Waals surface area contributed by atoms with Gasteiger partial charge in [0.25, 0.3) is 0 Å². The fraction of sp³-hybridized carbons (Fsp3) is 1.00. The Morgan fingerprint density at radius 1 is 1.45 bits per heavy atom. The molecule has 0 amide bonds. The van der Waals surface area contributed by atoms with Crippen molar-refractivity contribution in [3.05, 3.63) is 0 Å². The van der Waals surface area contributed by atoms with E-state index < -0.39 is 6.17 Å². The molecule has 0 aliphatic carbocycles. The van der Waals surface area contributed by atoms with Crippen molar-refractivity contribution < 1.29 is 4.39 Å². The van der Waals surface area contributed by atoms with Gasteiger partial charge in [-0.2, -0.15) is 0 Å². The molecule has 0 radical (unpaired) electrons. The van der Waals surface area contributed by atoms with E-state index in [0.717, 1.165) is 6.54 Å². The fourth-order valence-electron chi connectivity index (χ4n) is 1.49. The molecular weight excluding hydrogens is 143 g/mol. The summed E-state index contributed by atoms with van der Waals surface area (Å²) in [5.74, 6) is 0. The van der Waals surface area contributed by atoms with Gasteiger partial charge >= 0.3 is 0 Å². The second kappa shape index (κ2) is 4.02. The van der Waals surface area contributed by atoms with Gasteiger partial charge in [0.1, 0.15) is 6.17 Å². The number of halogens is 1. The third kappa shape index (κ3) is 3.16. The summed E-state index contributed by atoms with van der Waals surface area (Å²) in [5, 5.41) is 6.36. The fourth-order valence-corrected chi connectivity index (χ4v) is 1.49. The Labute approximate surface area is 67.6 Å². The van der Waals surface area contributed by atoms with Gasteiger partial charge in [-0.3, -0.25) is 0 Å². The lowest BCUT2D eigenvalue weighted by molar-refractivity contribution is 0.223. The SMILES string of the molecule is CC(C)N[C@@H]1CNC[C@@H](F)C1. The highest BCUT2D eigenvalue weighted by molar-refractivity contribution is 4.81. The molecule has 2 nitrogen and oxygen atoms in total. The maximum absolute atomic E-state index is 12.8. The van der Waals surface area contributed by atoms with Crippen LogP contribution >= 0.6 is 0 Å². The van der Waals surface area contributed by atoms with Gasteiger partial charge in [-0.15, -0.1) is 0 Å². The Morgan fingerprint density at radius 2 is 2.18 bits per heavy atom. The van der Waals surface area contributed by atoms with Gasteiger partial charge in [-0.25, -0.2) is 4.39 Å². The molecule has 0 unspecified atom stereocenters. The molecule has 0 aromatic rings. The van der Waals surface area contributed by atoms with E-state index in [4.69, 9.17) is 0 Å². The van der Waals surface area contributed by atoms with Gasteiger partial charge in [0.05, 0.1) is 0 Å². The van der Waals surface area contributed by atoms with Crippen LogP contribution < -0.4 is 10.6 Å². The van der Waals surface area contributed by atoms with Crippen molar-refractivity contribution in [2.45, 2.75) is 38.5 Å². The molecule has 3 heteroatoms. The minimum Gasteiger partial charge on any atom is -0.312 e. The first-order valence-corrected chi connectivity index (χ1v) is 4.29. The van der Waals surface area contributed by atoms with E-state index in [2.05, 4.69) is 24.5 Å². The van der Waals surface area contributed by atoms with Crippen molar-refractivity contribution >= 4 is 0 Å². The standard InChI is InChI=1S/C8H17FN2/c1-6(2)11-8-3-7(9)4-10-5-8/h6-8,10-11H,3-5H2,1-2H3/t7-,8-/m0/s1. The van der Waals surface area contributed by atoms with Crippen LogP contribution in [-0.4, -0.2) is 31.3 Å². The van der Waals surface area contributed by atoms with Gasteiger partial charge in [-0.05, 0) is 6.42 Å². The quantitative estimate of drug-likeness (QED) is 0.621. The lowest BCUT2D eigenvalue weighted by Gasteiger charge is -2.28. The lowest BCUT2D eigenvalue weighted by atomic mass is 10.1. The highest BCUT2D eigenvalue weighted by Gasteiger charge is 2.20.